The zero-order chi connectivity index (χ0) is 24.7. The van der Waals surface area contributed by atoms with Crippen LogP contribution in [0.5, 0.6) is 0 Å². The largest absolute Gasteiger partial charge is 0.386 e. The molecule has 174 valence electrons. The second kappa shape index (κ2) is 9.76. The first-order chi connectivity index (χ1) is 16.1. The Kier molecular flexibility index (Phi) is 7.29. The second-order valence-corrected chi connectivity index (χ2v) is 11.1. The molecule has 0 bridgehead atoms. The Hall–Kier alpha value is -1.68. The predicted octanol–water partition coefficient (Wildman–Crippen LogP) is 6.53. The summed E-state index contributed by atoms with van der Waals surface area (Å²) in [5, 5.41) is 35.6. The van der Waals surface area contributed by atoms with Crippen molar-refractivity contribution >= 4 is 69.8 Å². The molecule has 1 aliphatic carbocycles. The molecule has 1 aromatic heterocycles. The van der Waals surface area contributed by atoms with Crippen LogP contribution in [0, 0.1) is 22.7 Å². The van der Waals surface area contributed by atoms with E-state index in [9.17, 15) is 15.6 Å². The van der Waals surface area contributed by atoms with Gasteiger partial charge in [-0.1, -0.05) is 64.6 Å². The number of aliphatic hydroxyl groups is 1. The zero-order valence-corrected chi connectivity index (χ0v) is 21.8. The molecule has 1 N–H and O–H groups in total. The number of rotatable bonds is 7. The Morgan fingerprint density at radius 2 is 1.74 bits per heavy atom. The molecule has 0 amide bonds. The van der Waals surface area contributed by atoms with Crippen molar-refractivity contribution in [2.75, 3.05) is 0 Å². The minimum absolute atomic E-state index is 0.000974. The van der Waals surface area contributed by atoms with Crippen molar-refractivity contribution in [2.45, 2.75) is 46.3 Å². The number of benzene rings is 2. The van der Waals surface area contributed by atoms with Gasteiger partial charge in [0, 0.05) is 11.4 Å². The van der Waals surface area contributed by atoms with Crippen LogP contribution in [0.3, 0.4) is 0 Å². The summed E-state index contributed by atoms with van der Waals surface area (Å²) in [4.78, 5) is 3.65. The topological polar surface area (TPSA) is 98.5 Å². The molecule has 34 heavy (non-hydrogen) atoms. The van der Waals surface area contributed by atoms with Gasteiger partial charge in [-0.15, -0.1) is 11.6 Å². The van der Waals surface area contributed by atoms with Gasteiger partial charge in [-0.05, 0) is 36.2 Å². The molecule has 4 rings (SSSR count). The van der Waals surface area contributed by atoms with Crippen molar-refractivity contribution in [1.29, 1.82) is 10.5 Å². The van der Waals surface area contributed by atoms with Crippen LogP contribution >= 0.6 is 69.8 Å². The van der Waals surface area contributed by atoms with Gasteiger partial charge >= 0.3 is 0 Å². The molecule has 1 fully saturated rings. The molecule has 2 aromatic carbocycles. The third-order valence-electron chi connectivity index (χ3n) is 5.65. The van der Waals surface area contributed by atoms with Crippen LogP contribution in [0.15, 0.2) is 40.6 Å². The highest BCUT2D eigenvalue weighted by Crippen LogP contribution is 2.53. The third-order valence-corrected chi connectivity index (χ3v) is 9.20. The van der Waals surface area contributed by atoms with Crippen LogP contribution in [0.2, 0.25) is 20.1 Å². The normalized spacial score (nSPS) is 15.9. The molecule has 0 spiro atoms. The number of alkyl halides is 1. The summed E-state index contributed by atoms with van der Waals surface area (Å²) < 4.78 is 1.49. The Morgan fingerprint density at radius 1 is 1.06 bits per heavy atom. The fourth-order valence-electron chi connectivity index (χ4n) is 3.60. The number of aromatic nitrogens is 3. The van der Waals surface area contributed by atoms with Gasteiger partial charge in [-0.3, -0.25) is 0 Å². The zero-order valence-electron chi connectivity index (χ0n) is 17.2. The molecule has 1 heterocycles. The van der Waals surface area contributed by atoms with Crippen molar-refractivity contribution in [3.05, 3.63) is 67.4 Å². The summed E-state index contributed by atoms with van der Waals surface area (Å²) >= 11 is 32.9. The number of nitriles is 2. The van der Waals surface area contributed by atoms with Crippen LogP contribution in [0.25, 0.3) is 0 Å². The standard InChI is InChI=1S/C22H14Cl5N5OS/c23-15-4-2-1-3-12(15)7-22(33,21(27)5-6-21)10-32-20(30-11-31-32)34-19-14(9-29)16(24)13(8-28)17(25)18(19)26/h1-4,11,33H,5-7,10H2. The minimum Gasteiger partial charge on any atom is -0.386 e. The van der Waals surface area contributed by atoms with Gasteiger partial charge < -0.3 is 5.11 Å². The highest BCUT2D eigenvalue weighted by molar-refractivity contribution is 7.99. The maximum atomic E-state index is 11.7. The lowest BCUT2D eigenvalue weighted by Gasteiger charge is -2.33. The summed E-state index contributed by atoms with van der Waals surface area (Å²) in [5.41, 5.74) is -0.713. The second-order valence-electron chi connectivity index (χ2n) is 7.81. The first-order valence-corrected chi connectivity index (χ1v) is 12.6. The van der Waals surface area contributed by atoms with Crippen molar-refractivity contribution < 1.29 is 5.11 Å². The van der Waals surface area contributed by atoms with Gasteiger partial charge in [0.25, 0.3) is 0 Å². The van der Waals surface area contributed by atoms with Gasteiger partial charge in [-0.25, -0.2) is 9.67 Å². The maximum absolute atomic E-state index is 11.7. The molecule has 0 radical (unpaired) electrons. The Balaban J connectivity index is 1.71. The quantitative estimate of drug-likeness (QED) is 0.255. The predicted molar refractivity (Wildman–Crippen MR) is 133 cm³/mol. The molecular weight excluding hydrogens is 560 g/mol. The lowest BCUT2D eigenvalue weighted by Crippen LogP contribution is -2.47. The van der Waals surface area contributed by atoms with E-state index in [2.05, 4.69) is 10.1 Å². The monoisotopic (exact) mass is 571 g/mol. The van der Waals surface area contributed by atoms with Crippen molar-refractivity contribution in [2.24, 2.45) is 0 Å². The van der Waals surface area contributed by atoms with Gasteiger partial charge in [0.15, 0.2) is 5.16 Å². The van der Waals surface area contributed by atoms with Crippen molar-refractivity contribution in [1.82, 2.24) is 14.8 Å². The molecule has 1 atom stereocenters. The molecule has 0 saturated heterocycles. The number of hydrogen-bond donors (Lipinski definition) is 1. The Labute approximate surface area is 225 Å². The summed E-state index contributed by atoms with van der Waals surface area (Å²) in [6.07, 6.45) is 2.80. The van der Waals surface area contributed by atoms with E-state index in [-0.39, 0.29) is 44.1 Å². The number of halogens is 5. The third kappa shape index (κ3) is 4.59. The Morgan fingerprint density at radius 3 is 2.35 bits per heavy atom. The Bertz CT molecular complexity index is 1360. The van der Waals surface area contributed by atoms with E-state index in [4.69, 9.17) is 58.0 Å². The van der Waals surface area contributed by atoms with Gasteiger partial charge in [0.05, 0.1) is 42.5 Å². The van der Waals surface area contributed by atoms with E-state index in [0.717, 1.165) is 17.3 Å². The smallest absolute Gasteiger partial charge is 0.191 e. The first-order valence-electron chi connectivity index (χ1n) is 9.85. The van der Waals surface area contributed by atoms with E-state index < -0.39 is 10.5 Å². The summed E-state index contributed by atoms with van der Waals surface area (Å²) in [7, 11) is 0. The van der Waals surface area contributed by atoms with Gasteiger partial charge in [-0.2, -0.15) is 15.6 Å². The fourth-order valence-corrected chi connectivity index (χ4v) is 5.94. The molecule has 1 unspecified atom stereocenters. The number of hydrogen-bond acceptors (Lipinski definition) is 6. The van der Waals surface area contributed by atoms with E-state index in [1.807, 2.05) is 30.3 Å². The molecule has 12 heteroatoms. The van der Waals surface area contributed by atoms with Crippen LogP contribution in [0.1, 0.15) is 29.5 Å². The summed E-state index contributed by atoms with van der Waals surface area (Å²) in [6.45, 7) is 0.0152. The lowest BCUT2D eigenvalue weighted by atomic mass is 9.89. The maximum Gasteiger partial charge on any atom is 0.191 e. The first kappa shape index (κ1) is 25.4. The lowest BCUT2D eigenvalue weighted by molar-refractivity contribution is 0.00526. The molecule has 1 saturated carbocycles. The highest BCUT2D eigenvalue weighted by Gasteiger charge is 2.58. The highest BCUT2D eigenvalue weighted by atomic mass is 35.5. The summed E-state index contributed by atoms with van der Waals surface area (Å²) in [5.74, 6) is 0. The van der Waals surface area contributed by atoms with E-state index in [0.29, 0.717) is 23.0 Å². The molecule has 6 nitrogen and oxygen atoms in total. The SMILES string of the molecule is N#Cc1c(Cl)c(Cl)c(Sc2ncnn2CC(O)(Cc2ccccc2Cl)C2(Cl)CC2)c(C#N)c1Cl. The van der Waals surface area contributed by atoms with Crippen molar-refractivity contribution in [3.8, 4) is 12.1 Å². The average molecular weight is 574 g/mol. The molecule has 0 aliphatic heterocycles. The van der Waals surface area contributed by atoms with E-state index >= 15 is 0 Å². The van der Waals surface area contributed by atoms with E-state index in [1.165, 1.54) is 11.0 Å². The van der Waals surface area contributed by atoms with Crippen LogP contribution in [-0.2, 0) is 13.0 Å². The van der Waals surface area contributed by atoms with Gasteiger partial charge in [0.1, 0.15) is 24.1 Å². The molecule has 3 aromatic rings. The minimum atomic E-state index is -1.38. The molecule has 1 aliphatic rings. The number of nitrogens with zero attached hydrogens (tertiary/aromatic N) is 5. The fraction of sp³-hybridized carbons (Fsp3) is 0.273. The van der Waals surface area contributed by atoms with Crippen LogP contribution in [0.4, 0.5) is 0 Å². The molecular formula is C22H14Cl5N5OS. The van der Waals surface area contributed by atoms with E-state index in [1.54, 1.807) is 6.07 Å². The van der Waals surface area contributed by atoms with Crippen LogP contribution < -0.4 is 0 Å². The average Bonchev–Trinajstić information content (AvgIpc) is 3.43. The summed E-state index contributed by atoms with van der Waals surface area (Å²) in [6, 6.07) is 11.1. The van der Waals surface area contributed by atoms with Gasteiger partial charge in [0.2, 0.25) is 0 Å². The van der Waals surface area contributed by atoms with Crippen molar-refractivity contribution in [3.63, 3.8) is 0 Å². The van der Waals surface area contributed by atoms with Crippen LogP contribution in [-0.4, -0.2) is 30.3 Å².